The Labute approximate surface area is 140 Å². The maximum absolute atomic E-state index is 12.3. The highest BCUT2D eigenvalue weighted by Gasteiger charge is 2.32. The summed E-state index contributed by atoms with van der Waals surface area (Å²) in [4.78, 5) is 24.8. The van der Waals surface area contributed by atoms with Crippen molar-refractivity contribution >= 4 is 18.0 Å². The van der Waals surface area contributed by atoms with Gasteiger partial charge in [-0.15, -0.1) is 0 Å². The van der Waals surface area contributed by atoms with E-state index >= 15 is 0 Å². The van der Waals surface area contributed by atoms with Crippen molar-refractivity contribution in [3.05, 3.63) is 29.8 Å². The van der Waals surface area contributed by atoms with Crippen LogP contribution in [0.25, 0.3) is 6.08 Å². The number of nitrogens with zero attached hydrogens (tertiary/aromatic N) is 1. The molecule has 24 heavy (non-hydrogen) atoms. The van der Waals surface area contributed by atoms with Crippen LogP contribution in [0.3, 0.4) is 0 Å². The summed E-state index contributed by atoms with van der Waals surface area (Å²) < 4.78 is 15.9. The molecular formula is C17H21NO6. The predicted octanol–water partition coefficient (Wildman–Crippen LogP) is 1.42. The monoisotopic (exact) mass is 335 g/mol. The fraction of sp³-hybridized carbons (Fsp3) is 0.412. The summed E-state index contributed by atoms with van der Waals surface area (Å²) in [6.07, 6.45) is 3.83. The highest BCUT2D eigenvalue weighted by Crippen LogP contribution is 2.28. The molecule has 1 aliphatic rings. The van der Waals surface area contributed by atoms with Crippen molar-refractivity contribution in [2.75, 3.05) is 33.5 Å². The molecule has 0 aromatic heterocycles. The van der Waals surface area contributed by atoms with Crippen molar-refractivity contribution in [2.24, 2.45) is 0 Å². The van der Waals surface area contributed by atoms with E-state index in [1.165, 1.54) is 12.0 Å². The number of carboxylic acid groups (broad SMARTS) is 1. The lowest BCUT2D eigenvalue weighted by Gasteiger charge is -2.32. The Kier molecular flexibility index (Phi) is 6.20. The largest absolute Gasteiger partial charge is 0.493 e. The molecular weight excluding hydrogens is 314 g/mol. The van der Waals surface area contributed by atoms with E-state index in [9.17, 15) is 9.59 Å². The zero-order valence-electron chi connectivity index (χ0n) is 13.7. The van der Waals surface area contributed by atoms with Gasteiger partial charge in [-0.25, -0.2) is 4.79 Å². The number of hydrogen-bond acceptors (Lipinski definition) is 5. The maximum Gasteiger partial charge on any atom is 0.328 e. The van der Waals surface area contributed by atoms with Gasteiger partial charge < -0.3 is 24.2 Å². The van der Waals surface area contributed by atoms with Gasteiger partial charge in [0.25, 0.3) is 5.91 Å². The van der Waals surface area contributed by atoms with E-state index in [0.29, 0.717) is 18.1 Å². The van der Waals surface area contributed by atoms with E-state index in [2.05, 4.69) is 0 Å². The number of carbonyl (C=O) groups excluding carboxylic acids is 1. The van der Waals surface area contributed by atoms with E-state index in [1.807, 2.05) is 25.1 Å². The van der Waals surface area contributed by atoms with Gasteiger partial charge in [-0.1, -0.05) is 18.2 Å². The normalized spacial score (nSPS) is 17.8. The van der Waals surface area contributed by atoms with E-state index in [4.69, 9.17) is 19.3 Å². The maximum atomic E-state index is 12.3. The number of aliphatic carboxylic acids is 1. The minimum absolute atomic E-state index is 0.0115. The van der Waals surface area contributed by atoms with Gasteiger partial charge in [-0.3, -0.25) is 4.79 Å². The first-order valence-corrected chi connectivity index (χ1v) is 7.60. The van der Waals surface area contributed by atoms with Gasteiger partial charge in [0.05, 0.1) is 20.3 Å². The fourth-order valence-corrected chi connectivity index (χ4v) is 2.43. The summed E-state index contributed by atoms with van der Waals surface area (Å²) in [6, 6.07) is 4.38. The average molecular weight is 335 g/mol. The number of hydrogen-bond donors (Lipinski definition) is 1. The molecule has 7 nitrogen and oxygen atoms in total. The molecule has 0 spiro atoms. The molecule has 1 N–H and O–H groups in total. The first-order chi connectivity index (χ1) is 11.6. The quantitative estimate of drug-likeness (QED) is 0.846. The molecule has 0 aliphatic carbocycles. The number of methoxy groups -OCH3 is 1. The number of morpholine rings is 1. The van der Waals surface area contributed by atoms with Crippen molar-refractivity contribution in [1.82, 2.24) is 4.90 Å². The molecule has 1 unspecified atom stereocenters. The molecule has 1 saturated heterocycles. The average Bonchev–Trinajstić information content (AvgIpc) is 2.60. The van der Waals surface area contributed by atoms with Gasteiger partial charge in [-0.2, -0.15) is 0 Å². The number of allylic oxidation sites excluding steroid dienone is 1. The molecule has 1 aromatic rings. The minimum atomic E-state index is -1.09. The number of rotatable bonds is 6. The van der Waals surface area contributed by atoms with Gasteiger partial charge in [0.15, 0.2) is 24.1 Å². The molecule has 1 aromatic carbocycles. The summed E-state index contributed by atoms with van der Waals surface area (Å²) >= 11 is 0. The Hall–Kier alpha value is -2.54. The van der Waals surface area contributed by atoms with Crippen LogP contribution in [0, 0.1) is 0 Å². The van der Waals surface area contributed by atoms with Crippen molar-refractivity contribution in [3.63, 3.8) is 0 Å². The number of carbonyl (C=O) groups is 2. The molecule has 2 rings (SSSR count). The molecule has 0 radical (unpaired) electrons. The third-order valence-corrected chi connectivity index (χ3v) is 3.63. The van der Waals surface area contributed by atoms with Gasteiger partial charge in [0.2, 0.25) is 0 Å². The molecule has 1 aliphatic heterocycles. The predicted molar refractivity (Wildman–Crippen MR) is 87.2 cm³/mol. The van der Waals surface area contributed by atoms with Gasteiger partial charge in [0, 0.05) is 6.54 Å². The van der Waals surface area contributed by atoms with Crippen LogP contribution in [0.5, 0.6) is 11.5 Å². The van der Waals surface area contributed by atoms with Gasteiger partial charge in [-0.05, 0) is 24.6 Å². The number of amides is 1. The van der Waals surface area contributed by atoms with Crippen molar-refractivity contribution < 1.29 is 28.9 Å². The Balaban J connectivity index is 2.04. The van der Waals surface area contributed by atoms with Crippen LogP contribution in [0.15, 0.2) is 24.3 Å². The van der Waals surface area contributed by atoms with Crippen molar-refractivity contribution in [2.45, 2.75) is 13.0 Å². The second-order valence-electron chi connectivity index (χ2n) is 5.22. The van der Waals surface area contributed by atoms with Crippen LogP contribution >= 0.6 is 0 Å². The second kappa shape index (κ2) is 8.35. The van der Waals surface area contributed by atoms with Crippen LogP contribution < -0.4 is 9.47 Å². The Morgan fingerprint density at radius 3 is 2.88 bits per heavy atom. The molecule has 1 amide bonds. The van der Waals surface area contributed by atoms with Crippen LogP contribution in [-0.4, -0.2) is 61.4 Å². The number of ether oxygens (including phenoxy) is 3. The topological polar surface area (TPSA) is 85.3 Å². The standard InChI is InChI=1S/C17H21NO6/c1-3-4-12-5-6-14(15(9-12)22-2)24-11-16(19)18-7-8-23-10-13(18)17(20)21/h3-6,9,13H,7-8,10-11H2,1-2H3,(H,20,21). The fourth-order valence-electron chi connectivity index (χ4n) is 2.43. The Morgan fingerprint density at radius 1 is 1.42 bits per heavy atom. The molecule has 1 fully saturated rings. The molecule has 1 atom stereocenters. The lowest BCUT2D eigenvalue weighted by molar-refractivity contribution is -0.159. The molecule has 130 valence electrons. The summed E-state index contributed by atoms with van der Waals surface area (Å²) in [5, 5.41) is 9.16. The third-order valence-electron chi connectivity index (χ3n) is 3.63. The molecule has 0 saturated carbocycles. The highest BCUT2D eigenvalue weighted by molar-refractivity contribution is 5.85. The summed E-state index contributed by atoms with van der Waals surface area (Å²) in [5.74, 6) is -0.545. The van der Waals surface area contributed by atoms with Gasteiger partial charge >= 0.3 is 5.97 Å². The van der Waals surface area contributed by atoms with Crippen molar-refractivity contribution in [3.8, 4) is 11.5 Å². The molecule has 0 bridgehead atoms. The van der Waals surface area contributed by atoms with Crippen LogP contribution in [0.4, 0.5) is 0 Å². The summed E-state index contributed by atoms with van der Waals surface area (Å²) in [7, 11) is 1.52. The van der Waals surface area contributed by atoms with Crippen molar-refractivity contribution in [1.29, 1.82) is 0 Å². The second-order valence-corrected chi connectivity index (χ2v) is 5.22. The molecule has 1 heterocycles. The molecule has 7 heteroatoms. The van der Waals surface area contributed by atoms with Crippen LogP contribution in [0.2, 0.25) is 0 Å². The van der Waals surface area contributed by atoms with E-state index in [1.54, 1.807) is 12.1 Å². The zero-order valence-corrected chi connectivity index (χ0v) is 13.7. The lowest BCUT2D eigenvalue weighted by atomic mass is 10.2. The summed E-state index contributed by atoms with van der Waals surface area (Å²) in [6.45, 7) is 2.19. The SMILES string of the molecule is CC=Cc1ccc(OCC(=O)N2CCOCC2C(=O)O)c(OC)c1. The van der Waals surface area contributed by atoms with Gasteiger partial charge in [0.1, 0.15) is 0 Å². The Bertz CT molecular complexity index is 628. The van der Waals surface area contributed by atoms with E-state index < -0.39 is 17.9 Å². The highest BCUT2D eigenvalue weighted by atomic mass is 16.5. The van der Waals surface area contributed by atoms with E-state index in [0.717, 1.165) is 5.56 Å². The number of benzene rings is 1. The number of carboxylic acids is 1. The minimum Gasteiger partial charge on any atom is -0.493 e. The smallest absolute Gasteiger partial charge is 0.328 e. The Morgan fingerprint density at radius 2 is 2.21 bits per heavy atom. The summed E-state index contributed by atoms with van der Waals surface area (Å²) in [5.41, 5.74) is 0.951. The first-order valence-electron chi connectivity index (χ1n) is 7.60. The first kappa shape index (κ1) is 17.8. The third kappa shape index (κ3) is 4.26. The lowest BCUT2D eigenvalue weighted by Crippen LogP contribution is -2.53. The van der Waals surface area contributed by atoms with Crippen LogP contribution in [-0.2, 0) is 14.3 Å². The van der Waals surface area contributed by atoms with Crippen LogP contribution in [0.1, 0.15) is 12.5 Å². The van der Waals surface area contributed by atoms with E-state index in [-0.39, 0.29) is 19.8 Å². The zero-order chi connectivity index (χ0) is 17.5.